The summed E-state index contributed by atoms with van der Waals surface area (Å²) in [5.74, 6) is 0.0937. The Morgan fingerprint density at radius 1 is 1.67 bits per heavy atom. The number of carbonyl (C=O) groups is 1. The molecular formula is C7H10N2O2S. The number of carboxylic acids is 1. The van der Waals surface area contributed by atoms with Crippen molar-refractivity contribution < 1.29 is 9.90 Å². The smallest absolute Gasteiger partial charge is 0.366 e. The van der Waals surface area contributed by atoms with Gasteiger partial charge in [0, 0.05) is 6.42 Å². The molecule has 0 amide bonds. The van der Waals surface area contributed by atoms with Gasteiger partial charge in [0.15, 0.2) is 0 Å². The highest BCUT2D eigenvalue weighted by molar-refractivity contribution is 7.07. The molecule has 0 saturated carbocycles. The van der Waals surface area contributed by atoms with E-state index in [0.717, 1.165) is 18.0 Å². The van der Waals surface area contributed by atoms with Gasteiger partial charge in [-0.05, 0) is 17.5 Å². The lowest BCUT2D eigenvalue weighted by Gasteiger charge is -1.96. The van der Waals surface area contributed by atoms with E-state index >= 15 is 0 Å². The van der Waals surface area contributed by atoms with Gasteiger partial charge in [0.1, 0.15) is 5.82 Å². The van der Waals surface area contributed by atoms with Crippen LogP contribution in [0.15, 0.2) is 0 Å². The molecule has 1 N–H and O–H groups in total. The summed E-state index contributed by atoms with van der Waals surface area (Å²) in [5, 5.41) is 8.61. The maximum atomic E-state index is 10.4. The molecule has 66 valence electrons. The molecule has 12 heavy (non-hydrogen) atoms. The molecule has 0 aliphatic carbocycles. The number of aromatic carboxylic acids is 1. The van der Waals surface area contributed by atoms with Crippen molar-refractivity contribution in [2.24, 2.45) is 5.92 Å². The van der Waals surface area contributed by atoms with E-state index in [2.05, 4.69) is 9.36 Å². The number of nitrogens with zero attached hydrogens (tertiary/aromatic N) is 2. The zero-order valence-corrected chi connectivity index (χ0v) is 7.76. The second-order valence-corrected chi connectivity index (χ2v) is 3.67. The zero-order chi connectivity index (χ0) is 9.14. The van der Waals surface area contributed by atoms with E-state index in [1.807, 2.05) is 13.8 Å². The van der Waals surface area contributed by atoms with Crippen molar-refractivity contribution in [1.82, 2.24) is 9.36 Å². The predicted octanol–water partition coefficient (Wildman–Crippen LogP) is 1.43. The number of hydrogen-bond acceptors (Lipinski definition) is 4. The molecule has 0 atom stereocenters. The maximum absolute atomic E-state index is 10.4. The van der Waals surface area contributed by atoms with Gasteiger partial charge in [-0.1, -0.05) is 13.8 Å². The van der Waals surface area contributed by atoms with Gasteiger partial charge < -0.3 is 5.11 Å². The second kappa shape index (κ2) is 3.62. The van der Waals surface area contributed by atoms with Crippen LogP contribution in [0.3, 0.4) is 0 Å². The Labute approximate surface area is 74.4 Å². The molecule has 0 spiro atoms. The summed E-state index contributed by atoms with van der Waals surface area (Å²) < 4.78 is 3.93. The molecule has 0 aromatic carbocycles. The molecule has 1 rings (SSSR count). The highest BCUT2D eigenvalue weighted by Crippen LogP contribution is 2.08. The molecular weight excluding hydrogens is 176 g/mol. The van der Waals surface area contributed by atoms with E-state index in [-0.39, 0.29) is 5.01 Å². The van der Waals surface area contributed by atoms with E-state index in [1.54, 1.807) is 0 Å². The van der Waals surface area contributed by atoms with Crippen LogP contribution < -0.4 is 0 Å². The van der Waals surface area contributed by atoms with Crippen LogP contribution in [-0.2, 0) is 6.42 Å². The summed E-state index contributed by atoms with van der Waals surface area (Å²) in [6.45, 7) is 4.09. The average Bonchev–Trinajstić information content (AvgIpc) is 2.34. The standard InChI is InChI=1S/C7H10N2O2S/c1-4(2)3-5-8-6(7(10)11)12-9-5/h4H,3H2,1-2H3,(H,10,11). The minimum absolute atomic E-state index is 0.0747. The van der Waals surface area contributed by atoms with Crippen molar-refractivity contribution in [3.63, 3.8) is 0 Å². The minimum atomic E-state index is -0.998. The molecule has 0 saturated heterocycles. The van der Waals surface area contributed by atoms with E-state index < -0.39 is 5.97 Å². The van der Waals surface area contributed by atoms with Gasteiger partial charge in [-0.3, -0.25) is 0 Å². The molecule has 0 aliphatic rings. The van der Waals surface area contributed by atoms with Crippen molar-refractivity contribution in [1.29, 1.82) is 0 Å². The van der Waals surface area contributed by atoms with Crippen LogP contribution in [0.1, 0.15) is 29.5 Å². The number of hydrogen-bond donors (Lipinski definition) is 1. The Morgan fingerprint density at radius 3 is 2.75 bits per heavy atom. The van der Waals surface area contributed by atoms with E-state index in [4.69, 9.17) is 5.11 Å². The first kappa shape index (κ1) is 9.12. The quantitative estimate of drug-likeness (QED) is 0.775. The SMILES string of the molecule is CC(C)Cc1nsc(C(=O)O)n1. The third-order valence-corrected chi connectivity index (χ3v) is 1.98. The van der Waals surface area contributed by atoms with Crippen molar-refractivity contribution >= 4 is 17.5 Å². The van der Waals surface area contributed by atoms with Crippen molar-refractivity contribution in [3.8, 4) is 0 Å². The fraction of sp³-hybridized carbons (Fsp3) is 0.571. The van der Waals surface area contributed by atoms with Crippen LogP contribution in [0.25, 0.3) is 0 Å². The van der Waals surface area contributed by atoms with Gasteiger partial charge in [0.25, 0.3) is 0 Å². The first-order valence-corrected chi connectivity index (χ1v) is 4.43. The summed E-state index contributed by atoms with van der Waals surface area (Å²) in [7, 11) is 0. The average molecular weight is 186 g/mol. The van der Waals surface area contributed by atoms with Gasteiger partial charge in [-0.25, -0.2) is 9.78 Å². The number of aromatic nitrogens is 2. The lowest BCUT2D eigenvalue weighted by Crippen LogP contribution is -1.98. The van der Waals surface area contributed by atoms with Gasteiger partial charge in [-0.2, -0.15) is 4.37 Å². The Balaban J connectivity index is 2.71. The molecule has 1 heterocycles. The third-order valence-electron chi connectivity index (χ3n) is 1.24. The summed E-state index contributed by atoms with van der Waals surface area (Å²) in [5.41, 5.74) is 0. The summed E-state index contributed by atoms with van der Waals surface area (Å²) in [6.07, 6.45) is 0.740. The monoisotopic (exact) mass is 186 g/mol. The van der Waals surface area contributed by atoms with Crippen molar-refractivity contribution in [2.45, 2.75) is 20.3 Å². The summed E-state index contributed by atoms with van der Waals surface area (Å²) in [6, 6.07) is 0. The Morgan fingerprint density at radius 2 is 2.33 bits per heavy atom. The molecule has 4 nitrogen and oxygen atoms in total. The lowest BCUT2D eigenvalue weighted by molar-refractivity contribution is 0.0696. The molecule has 0 bridgehead atoms. The van der Waals surface area contributed by atoms with Crippen molar-refractivity contribution in [2.75, 3.05) is 0 Å². The van der Waals surface area contributed by atoms with Crippen LogP contribution in [0.4, 0.5) is 0 Å². The first-order chi connectivity index (χ1) is 5.59. The lowest BCUT2D eigenvalue weighted by atomic mass is 10.1. The third kappa shape index (κ3) is 2.27. The molecule has 1 aromatic rings. The van der Waals surface area contributed by atoms with Crippen LogP contribution in [0.5, 0.6) is 0 Å². The largest absolute Gasteiger partial charge is 0.476 e. The second-order valence-electron chi connectivity index (χ2n) is 2.92. The predicted molar refractivity (Wildman–Crippen MR) is 45.4 cm³/mol. The highest BCUT2D eigenvalue weighted by Gasteiger charge is 2.10. The van der Waals surface area contributed by atoms with Gasteiger partial charge in [0.05, 0.1) is 0 Å². The van der Waals surface area contributed by atoms with Crippen LogP contribution in [0.2, 0.25) is 0 Å². The Hall–Kier alpha value is -0.970. The normalized spacial score (nSPS) is 10.6. The topological polar surface area (TPSA) is 63.1 Å². The fourth-order valence-electron chi connectivity index (χ4n) is 0.789. The van der Waals surface area contributed by atoms with E-state index in [9.17, 15) is 4.79 Å². The van der Waals surface area contributed by atoms with Crippen LogP contribution >= 0.6 is 11.5 Å². The molecule has 0 fully saturated rings. The molecule has 0 unspecified atom stereocenters. The Kier molecular flexibility index (Phi) is 2.75. The maximum Gasteiger partial charge on any atom is 0.366 e. The van der Waals surface area contributed by atoms with Crippen molar-refractivity contribution in [3.05, 3.63) is 10.8 Å². The van der Waals surface area contributed by atoms with Crippen LogP contribution in [-0.4, -0.2) is 20.4 Å². The van der Waals surface area contributed by atoms with E-state index in [0.29, 0.717) is 11.7 Å². The summed E-state index contributed by atoms with van der Waals surface area (Å²) >= 11 is 0.939. The van der Waals surface area contributed by atoms with Crippen LogP contribution in [0, 0.1) is 5.92 Å². The first-order valence-electron chi connectivity index (χ1n) is 3.65. The highest BCUT2D eigenvalue weighted by atomic mass is 32.1. The molecule has 0 radical (unpaired) electrons. The number of rotatable bonds is 3. The van der Waals surface area contributed by atoms with E-state index in [1.165, 1.54) is 0 Å². The van der Waals surface area contributed by atoms with Gasteiger partial charge in [0.2, 0.25) is 5.01 Å². The minimum Gasteiger partial charge on any atom is -0.476 e. The number of carboxylic acid groups (broad SMARTS) is 1. The summed E-state index contributed by atoms with van der Waals surface area (Å²) in [4.78, 5) is 14.3. The molecule has 5 heteroatoms. The zero-order valence-electron chi connectivity index (χ0n) is 6.94. The fourth-order valence-corrected chi connectivity index (χ4v) is 1.32. The molecule has 1 aromatic heterocycles. The Bertz CT molecular complexity index is 283. The molecule has 0 aliphatic heterocycles. The van der Waals surface area contributed by atoms with Gasteiger partial charge in [-0.15, -0.1) is 0 Å². The van der Waals surface area contributed by atoms with Gasteiger partial charge >= 0.3 is 5.97 Å².